The fraction of sp³-hybridized carbons (Fsp3) is 0.500. The highest BCUT2D eigenvalue weighted by molar-refractivity contribution is 6.22. The first-order valence-corrected chi connectivity index (χ1v) is 22.5. The number of allylic oxidation sites excluding steroid dienone is 2. The maximum atomic E-state index is 14.8. The van der Waals surface area contributed by atoms with E-state index in [4.69, 9.17) is 37.8 Å². The number of aliphatic hydroxyl groups is 1. The van der Waals surface area contributed by atoms with Crippen LogP contribution in [0, 0.1) is 36.5 Å². The lowest BCUT2D eigenvalue weighted by atomic mass is 9.73. The van der Waals surface area contributed by atoms with Crippen LogP contribution in [0.4, 0.5) is 5.69 Å². The van der Waals surface area contributed by atoms with Crippen molar-refractivity contribution in [3.05, 3.63) is 75.7 Å². The molecule has 4 bridgehead atoms. The Morgan fingerprint density at radius 3 is 2.42 bits per heavy atom. The van der Waals surface area contributed by atoms with E-state index in [9.17, 15) is 29.4 Å². The van der Waals surface area contributed by atoms with Crippen LogP contribution in [0.5, 0.6) is 17.2 Å². The largest absolute Gasteiger partial charge is 0.507 e. The molecule has 1 amide bonds. The third-order valence-electron chi connectivity index (χ3n) is 13.7. The first-order chi connectivity index (χ1) is 31.4. The number of aliphatic hydroxyl groups excluding tert-OH is 1. The van der Waals surface area contributed by atoms with E-state index in [0.717, 1.165) is 13.1 Å². The summed E-state index contributed by atoms with van der Waals surface area (Å²) in [6.45, 7) is 19.5. The lowest BCUT2D eigenvalue weighted by Gasteiger charge is -2.39. The van der Waals surface area contributed by atoms with Crippen molar-refractivity contribution in [2.45, 2.75) is 86.4 Å². The molecule has 66 heavy (non-hydrogen) atoms. The van der Waals surface area contributed by atoms with Crippen LogP contribution in [0.25, 0.3) is 33.3 Å². The summed E-state index contributed by atoms with van der Waals surface area (Å²) < 4.78 is 42.3. The molecular weight excluding hydrogens is 851 g/mol. The number of esters is 1. The number of aromatic nitrogens is 1. The highest BCUT2D eigenvalue weighted by Gasteiger charge is 2.50. The van der Waals surface area contributed by atoms with Gasteiger partial charge in [0.25, 0.3) is 11.7 Å². The van der Waals surface area contributed by atoms with Gasteiger partial charge in [0.2, 0.25) is 5.43 Å². The van der Waals surface area contributed by atoms with Crippen molar-refractivity contribution >= 4 is 45.2 Å². The molecule has 0 aromatic heterocycles. The molecule has 354 valence electrons. The van der Waals surface area contributed by atoms with E-state index in [-0.39, 0.29) is 79.6 Å². The lowest BCUT2D eigenvalue weighted by Crippen LogP contribution is -2.43. The maximum Gasteiger partial charge on any atom is 0.312 e. The number of benzene rings is 3. The SMILES string of the molecule is CO[C@H]1/C=C/O[C@@]2(C)Oc3c(C)c(O)c4c(=O)c(c5oc6cc(OCCN7CCOCC7)ccc6nc-5c4c3C2=O)NC(=O)/C(C)=C\C=C\[C@H](C)[C@H](O)[C@@H](C)[C@@H](C)[C@@H](C)[C@H](OC(C)=O)[C@@H]1C. The van der Waals surface area contributed by atoms with Gasteiger partial charge in [0.15, 0.2) is 11.3 Å². The van der Waals surface area contributed by atoms with Gasteiger partial charge >= 0.3 is 11.8 Å². The first-order valence-electron chi connectivity index (χ1n) is 22.5. The fourth-order valence-corrected chi connectivity index (χ4v) is 9.20. The molecular formula is C50H61N3O13. The van der Waals surface area contributed by atoms with Crippen molar-refractivity contribution in [1.29, 1.82) is 0 Å². The third-order valence-corrected chi connectivity index (χ3v) is 13.7. The molecule has 2 aromatic rings. The Morgan fingerprint density at radius 2 is 1.73 bits per heavy atom. The van der Waals surface area contributed by atoms with Gasteiger partial charge in [0.1, 0.15) is 46.9 Å². The number of carbonyl (C=O) groups excluding carboxylic acids is 3. The summed E-state index contributed by atoms with van der Waals surface area (Å²) in [7, 11) is 1.51. The second-order valence-electron chi connectivity index (χ2n) is 18.0. The molecule has 4 aliphatic heterocycles. The van der Waals surface area contributed by atoms with E-state index < -0.39 is 58.9 Å². The van der Waals surface area contributed by atoms with Crippen LogP contribution in [0.2, 0.25) is 0 Å². The van der Waals surface area contributed by atoms with E-state index in [1.54, 1.807) is 49.4 Å². The molecule has 16 nitrogen and oxygen atoms in total. The van der Waals surface area contributed by atoms with Crippen LogP contribution in [0.3, 0.4) is 0 Å². The monoisotopic (exact) mass is 911 g/mol. The Bertz CT molecular complexity index is 2630. The van der Waals surface area contributed by atoms with Crippen LogP contribution in [0.1, 0.15) is 71.3 Å². The molecule has 0 spiro atoms. The zero-order chi connectivity index (χ0) is 47.8. The summed E-state index contributed by atoms with van der Waals surface area (Å²) in [5.41, 5.74) is -0.365. The van der Waals surface area contributed by atoms with Crippen LogP contribution in [-0.2, 0) is 28.5 Å². The summed E-state index contributed by atoms with van der Waals surface area (Å²) in [5, 5.41) is 25.8. The van der Waals surface area contributed by atoms with Gasteiger partial charge < -0.3 is 48.4 Å². The molecule has 7 rings (SSSR count). The van der Waals surface area contributed by atoms with Gasteiger partial charge in [-0.2, -0.15) is 0 Å². The van der Waals surface area contributed by atoms with Gasteiger partial charge in [-0.15, -0.1) is 0 Å². The summed E-state index contributed by atoms with van der Waals surface area (Å²) in [6.07, 6.45) is 5.74. The molecule has 16 heteroatoms. The highest BCUT2D eigenvalue weighted by Crippen LogP contribution is 2.50. The topological polar surface area (TPSA) is 205 Å². The zero-order valence-corrected chi connectivity index (χ0v) is 39.3. The fourth-order valence-electron chi connectivity index (χ4n) is 9.20. The predicted octanol–water partition coefficient (Wildman–Crippen LogP) is 6.94. The number of aromatic hydroxyl groups is 1. The number of fused-ring (bicyclic) bond motifs is 2. The first kappa shape index (κ1) is 48.1. The molecule has 0 saturated carbocycles. The summed E-state index contributed by atoms with van der Waals surface area (Å²) in [5.74, 6) is -5.45. The van der Waals surface area contributed by atoms with E-state index in [1.807, 2.05) is 34.6 Å². The van der Waals surface area contributed by atoms with Crippen LogP contribution >= 0.6 is 0 Å². The Morgan fingerprint density at radius 1 is 1.00 bits per heavy atom. The number of anilines is 1. The standard InChI is InChI=1S/C50H61N3O13/c1-25-12-11-13-26(2)49(59)52-41-44(57)38-37(40-47(41)65-36-24-33(14-15-34(36)51-40)62-23-19-53-17-21-61-22-18-53)39-46(31(7)43(38)56)66-50(9,48(39)58)63-20-16-35(60-10)30(6)45(64-32(8)54)29(5)27(3)28(4)42(25)55/h11-16,20,24-25,27-30,35,42,45,55-56H,17-19,21-23H2,1-10H3,(H,52,59)/b12-11+,20-16+,26-13-/t25-,27+,28-,29+,30+,35-,42-,45-,50-/m0/s1. The molecule has 1 saturated heterocycles. The molecule has 2 aromatic carbocycles. The number of ether oxygens (including phenoxy) is 6. The average Bonchev–Trinajstić information content (AvgIpc) is 3.56. The number of methoxy groups -OCH3 is 1. The van der Waals surface area contributed by atoms with Gasteiger partial charge in [-0.3, -0.25) is 24.1 Å². The molecule has 0 radical (unpaired) electrons. The molecule has 4 heterocycles. The third kappa shape index (κ3) is 9.28. The van der Waals surface area contributed by atoms with Gasteiger partial charge in [-0.05, 0) is 49.8 Å². The van der Waals surface area contributed by atoms with Gasteiger partial charge in [-0.1, -0.05) is 52.8 Å². The highest BCUT2D eigenvalue weighted by atomic mass is 16.7. The van der Waals surface area contributed by atoms with Crippen molar-refractivity contribution in [3.63, 3.8) is 0 Å². The van der Waals surface area contributed by atoms with Crippen molar-refractivity contribution in [2.75, 3.05) is 51.9 Å². The number of phenolic OH excluding ortho intramolecular Hbond substituents is 1. The second kappa shape index (κ2) is 19.6. The van der Waals surface area contributed by atoms with Crippen LogP contribution < -0.4 is 20.2 Å². The maximum absolute atomic E-state index is 14.8. The smallest absolute Gasteiger partial charge is 0.312 e. The minimum absolute atomic E-state index is 0.00210. The quantitative estimate of drug-likeness (QED) is 0.102. The Hall–Kier alpha value is -5.81. The number of nitrogens with one attached hydrogen (secondary N) is 1. The van der Waals surface area contributed by atoms with E-state index in [0.29, 0.717) is 37.6 Å². The van der Waals surface area contributed by atoms with Crippen molar-refractivity contribution in [1.82, 2.24) is 9.88 Å². The van der Waals surface area contributed by atoms with Gasteiger partial charge in [0, 0.05) is 75.0 Å². The molecule has 3 N–H and O–H groups in total. The number of amides is 1. The summed E-state index contributed by atoms with van der Waals surface area (Å²) in [4.78, 5) is 63.2. The van der Waals surface area contributed by atoms with E-state index in [2.05, 4.69) is 10.2 Å². The normalized spacial score (nSPS) is 29.8. The summed E-state index contributed by atoms with van der Waals surface area (Å²) in [6, 6.07) is 5.05. The van der Waals surface area contributed by atoms with Crippen LogP contribution in [-0.4, -0.2) is 108 Å². The lowest BCUT2D eigenvalue weighted by molar-refractivity contribution is -0.157. The Kier molecular flexibility index (Phi) is 14.3. The number of hydrogen-bond acceptors (Lipinski definition) is 15. The number of ketones is 1. The number of nitrogens with zero attached hydrogens (tertiary/aromatic N) is 2. The molecule has 0 unspecified atom stereocenters. The summed E-state index contributed by atoms with van der Waals surface area (Å²) >= 11 is 0. The zero-order valence-electron chi connectivity index (χ0n) is 39.3. The van der Waals surface area contributed by atoms with E-state index in [1.165, 1.54) is 34.1 Å². The number of hydrogen-bond donors (Lipinski definition) is 3. The van der Waals surface area contributed by atoms with Gasteiger partial charge in [-0.25, -0.2) is 4.98 Å². The minimum Gasteiger partial charge on any atom is -0.507 e. The van der Waals surface area contributed by atoms with E-state index >= 15 is 0 Å². The van der Waals surface area contributed by atoms with Gasteiger partial charge in [0.05, 0.1) is 42.6 Å². The number of rotatable bonds is 6. The van der Waals surface area contributed by atoms with Crippen molar-refractivity contribution < 1.29 is 57.4 Å². The number of Topliss-reactive ketones (excluding diaryl/α,β-unsaturated/α-hetero) is 1. The Labute approximate surface area is 383 Å². The number of morpholine rings is 1. The molecule has 9 atom stereocenters. The van der Waals surface area contributed by atoms with Crippen molar-refractivity contribution in [3.8, 4) is 28.7 Å². The number of carbonyl (C=O) groups is 3. The second-order valence-corrected chi connectivity index (χ2v) is 18.0. The number of phenols is 1. The Balaban J connectivity index is 1.38. The molecule has 1 aliphatic carbocycles. The molecule has 5 aliphatic rings. The minimum atomic E-state index is -2.00. The van der Waals surface area contributed by atoms with Crippen LogP contribution in [0.15, 0.2) is 63.6 Å². The predicted molar refractivity (Wildman–Crippen MR) is 247 cm³/mol. The molecule has 1 fully saturated rings. The average molecular weight is 912 g/mol. The van der Waals surface area contributed by atoms with Crippen molar-refractivity contribution in [2.24, 2.45) is 29.6 Å².